The van der Waals surface area contributed by atoms with Gasteiger partial charge in [-0.2, -0.15) is 0 Å². The van der Waals surface area contributed by atoms with Crippen LogP contribution in [0.3, 0.4) is 0 Å². The van der Waals surface area contributed by atoms with E-state index in [1.807, 2.05) is 31.2 Å². The number of rotatable bonds is 7. The van der Waals surface area contributed by atoms with E-state index >= 15 is 0 Å². The van der Waals surface area contributed by atoms with Crippen LogP contribution in [-0.4, -0.2) is 34.2 Å². The fourth-order valence-electron chi connectivity index (χ4n) is 2.26. The molecular weight excluding hydrogens is 376 g/mol. The van der Waals surface area contributed by atoms with Crippen LogP contribution in [0.15, 0.2) is 42.5 Å². The zero-order chi connectivity index (χ0) is 19.3. The molecule has 6 nitrogen and oxygen atoms in total. The molecule has 26 heavy (non-hydrogen) atoms. The Morgan fingerprint density at radius 1 is 1.23 bits per heavy atom. The van der Waals surface area contributed by atoms with E-state index in [4.69, 9.17) is 16.3 Å². The Hall–Kier alpha value is -2.25. The maximum absolute atomic E-state index is 12.5. The van der Waals surface area contributed by atoms with Crippen LogP contribution in [-0.2, 0) is 16.6 Å². The topological polar surface area (TPSA) is 75.7 Å². The zero-order valence-corrected chi connectivity index (χ0v) is 16.4. The van der Waals surface area contributed by atoms with Gasteiger partial charge in [0.2, 0.25) is 10.0 Å². The number of amides is 1. The van der Waals surface area contributed by atoms with E-state index in [9.17, 15) is 13.2 Å². The highest BCUT2D eigenvalue weighted by Crippen LogP contribution is 2.24. The SMILES string of the molecule is CCOc1cccc(CNC(=O)c2cc(N(C)S(C)(=O)=O)ccc2Cl)c1. The predicted molar refractivity (Wildman–Crippen MR) is 103 cm³/mol. The highest BCUT2D eigenvalue weighted by molar-refractivity contribution is 7.92. The number of hydrogen-bond donors (Lipinski definition) is 1. The summed E-state index contributed by atoms with van der Waals surface area (Å²) >= 11 is 6.11. The van der Waals surface area contributed by atoms with E-state index < -0.39 is 10.0 Å². The normalized spacial score (nSPS) is 11.1. The molecule has 0 aliphatic carbocycles. The quantitative estimate of drug-likeness (QED) is 0.780. The number of halogens is 1. The first-order valence-electron chi connectivity index (χ1n) is 7.95. The molecule has 0 aromatic heterocycles. The van der Waals surface area contributed by atoms with Crippen LogP contribution in [0.1, 0.15) is 22.8 Å². The first kappa shape index (κ1) is 20.1. The molecule has 1 amide bonds. The van der Waals surface area contributed by atoms with Crippen molar-refractivity contribution in [1.29, 1.82) is 0 Å². The molecule has 0 radical (unpaired) electrons. The molecule has 0 heterocycles. The van der Waals surface area contributed by atoms with Gasteiger partial charge in [-0.15, -0.1) is 0 Å². The lowest BCUT2D eigenvalue weighted by Gasteiger charge is -2.18. The van der Waals surface area contributed by atoms with Crippen molar-refractivity contribution in [2.45, 2.75) is 13.5 Å². The number of carbonyl (C=O) groups is 1. The van der Waals surface area contributed by atoms with Gasteiger partial charge in [0.1, 0.15) is 5.75 Å². The van der Waals surface area contributed by atoms with Crippen LogP contribution in [0.2, 0.25) is 5.02 Å². The Bertz CT molecular complexity index is 900. The molecule has 0 unspecified atom stereocenters. The van der Waals surface area contributed by atoms with Crippen molar-refractivity contribution in [2.24, 2.45) is 0 Å². The maximum Gasteiger partial charge on any atom is 0.253 e. The first-order valence-corrected chi connectivity index (χ1v) is 10.2. The van der Waals surface area contributed by atoms with Crippen molar-refractivity contribution in [3.63, 3.8) is 0 Å². The summed E-state index contributed by atoms with van der Waals surface area (Å²) in [5, 5.41) is 3.03. The smallest absolute Gasteiger partial charge is 0.253 e. The van der Waals surface area contributed by atoms with Crippen molar-refractivity contribution in [3.8, 4) is 5.75 Å². The zero-order valence-electron chi connectivity index (χ0n) is 14.8. The molecule has 2 rings (SSSR count). The van der Waals surface area contributed by atoms with Crippen LogP contribution >= 0.6 is 11.6 Å². The molecule has 0 saturated heterocycles. The second kappa shape index (κ2) is 8.42. The highest BCUT2D eigenvalue weighted by Gasteiger charge is 2.16. The molecule has 140 valence electrons. The highest BCUT2D eigenvalue weighted by atomic mass is 35.5. The van der Waals surface area contributed by atoms with Gasteiger partial charge in [0, 0.05) is 13.6 Å². The number of hydrogen-bond acceptors (Lipinski definition) is 4. The van der Waals surface area contributed by atoms with E-state index in [0.29, 0.717) is 18.8 Å². The van der Waals surface area contributed by atoms with E-state index in [1.54, 1.807) is 6.07 Å². The number of anilines is 1. The molecular formula is C18H21ClN2O4S. The van der Waals surface area contributed by atoms with Gasteiger partial charge in [-0.25, -0.2) is 8.42 Å². The Kier molecular flexibility index (Phi) is 6.50. The van der Waals surface area contributed by atoms with E-state index in [1.165, 1.54) is 19.2 Å². The largest absolute Gasteiger partial charge is 0.494 e. The van der Waals surface area contributed by atoms with Crippen molar-refractivity contribution in [2.75, 3.05) is 24.2 Å². The van der Waals surface area contributed by atoms with Crippen LogP contribution in [0, 0.1) is 0 Å². The molecule has 0 saturated carbocycles. The summed E-state index contributed by atoms with van der Waals surface area (Å²) in [5.41, 5.74) is 1.45. The van der Waals surface area contributed by atoms with Crippen molar-refractivity contribution in [1.82, 2.24) is 5.32 Å². The van der Waals surface area contributed by atoms with E-state index in [-0.39, 0.29) is 16.5 Å². The van der Waals surface area contributed by atoms with Gasteiger partial charge in [0.15, 0.2) is 0 Å². The minimum Gasteiger partial charge on any atom is -0.494 e. The maximum atomic E-state index is 12.5. The summed E-state index contributed by atoms with van der Waals surface area (Å²) < 4.78 is 29.9. The molecule has 0 spiro atoms. The minimum atomic E-state index is -3.43. The van der Waals surface area contributed by atoms with Gasteiger partial charge >= 0.3 is 0 Å². The number of sulfonamides is 1. The van der Waals surface area contributed by atoms with E-state index in [0.717, 1.165) is 21.9 Å². The summed E-state index contributed by atoms with van der Waals surface area (Å²) in [6, 6.07) is 11.9. The van der Waals surface area contributed by atoms with Crippen molar-refractivity contribution >= 4 is 33.2 Å². The summed E-state index contributed by atoms with van der Waals surface area (Å²) in [7, 11) is -2.02. The summed E-state index contributed by atoms with van der Waals surface area (Å²) in [6.07, 6.45) is 1.09. The number of ether oxygens (including phenoxy) is 1. The predicted octanol–water partition coefficient (Wildman–Crippen LogP) is 3.06. The first-order chi connectivity index (χ1) is 12.2. The Balaban J connectivity index is 2.15. The average molecular weight is 397 g/mol. The second-order valence-electron chi connectivity index (χ2n) is 5.66. The number of nitrogens with zero attached hydrogens (tertiary/aromatic N) is 1. The Labute approximate surface area is 158 Å². The molecule has 0 atom stereocenters. The Morgan fingerprint density at radius 3 is 2.62 bits per heavy atom. The lowest BCUT2D eigenvalue weighted by Crippen LogP contribution is -2.26. The molecule has 1 N–H and O–H groups in total. The lowest BCUT2D eigenvalue weighted by atomic mass is 10.1. The molecule has 0 aliphatic heterocycles. The summed E-state index contributed by atoms with van der Waals surface area (Å²) in [4.78, 5) is 12.5. The minimum absolute atomic E-state index is 0.209. The summed E-state index contributed by atoms with van der Waals surface area (Å²) in [6.45, 7) is 2.76. The third kappa shape index (κ3) is 5.12. The molecule has 0 bridgehead atoms. The standard InChI is InChI=1S/C18H21ClN2O4S/c1-4-25-15-7-5-6-13(10-15)12-20-18(22)16-11-14(8-9-17(16)19)21(2)26(3,23)24/h5-11H,4,12H2,1-3H3,(H,20,22). The van der Waals surface area contributed by atoms with Gasteiger partial charge in [-0.1, -0.05) is 23.7 Å². The van der Waals surface area contributed by atoms with Gasteiger partial charge in [0.25, 0.3) is 5.91 Å². The number of carbonyl (C=O) groups excluding carboxylic acids is 1. The Morgan fingerprint density at radius 2 is 1.96 bits per heavy atom. The summed E-state index contributed by atoms with van der Waals surface area (Å²) in [5.74, 6) is 0.342. The van der Waals surface area contributed by atoms with Gasteiger partial charge in [-0.3, -0.25) is 9.10 Å². The van der Waals surface area contributed by atoms with Crippen LogP contribution in [0.5, 0.6) is 5.75 Å². The van der Waals surface area contributed by atoms with Gasteiger partial charge < -0.3 is 10.1 Å². The van der Waals surface area contributed by atoms with Crippen LogP contribution in [0.4, 0.5) is 5.69 Å². The van der Waals surface area contributed by atoms with Crippen molar-refractivity contribution in [3.05, 3.63) is 58.6 Å². The van der Waals surface area contributed by atoms with Crippen LogP contribution in [0.25, 0.3) is 0 Å². The number of nitrogens with one attached hydrogen (secondary N) is 1. The average Bonchev–Trinajstić information content (AvgIpc) is 2.59. The third-order valence-electron chi connectivity index (χ3n) is 3.72. The molecule has 0 aliphatic rings. The second-order valence-corrected chi connectivity index (χ2v) is 8.08. The van der Waals surface area contributed by atoms with E-state index in [2.05, 4.69) is 5.32 Å². The number of benzene rings is 2. The van der Waals surface area contributed by atoms with Gasteiger partial charge in [0.05, 0.1) is 29.1 Å². The van der Waals surface area contributed by atoms with Crippen molar-refractivity contribution < 1.29 is 17.9 Å². The molecule has 8 heteroatoms. The van der Waals surface area contributed by atoms with Crippen LogP contribution < -0.4 is 14.4 Å². The van der Waals surface area contributed by atoms with Gasteiger partial charge in [-0.05, 0) is 42.8 Å². The third-order valence-corrected chi connectivity index (χ3v) is 5.25. The fraction of sp³-hybridized carbons (Fsp3) is 0.278. The monoisotopic (exact) mass is 396 g/mol. The molecule has 0 fully saturated rings. The molecule has 2 aromatic carbocycles. The fourth-order valence-corrected chi connectivity index (χ4v) is 2.96. The lowest BCUT2D eigenvalue weighted by molar-refractivity contribution is 0.0951. The molecule has 2 aromatic rings.